The number of methoxy groups -OCH3 is 2. The topological polar surface area (TPSA) is 52.8 Å². The Kier molecular flexibility index (Phi) is 5.13. The van der Waals surface area contributed by atoms with Crippen molar-refractivity contribution in [2.45, 2.75) is 27.3 Å². The summed E-state index contributed by atoms with van der Waals surface area (Å²) in [5.74, 6) is 0.802. The Morgan fingerprint density at radius 2 is 1.77 bits per heavy atom. The first-order valence-corrected chi connectivity index (χ1v) is 9.22. The van der Waals surface area contributed by atoms with Crippen LogP contribution in [0.5, 0.6) is 11.5 Å². The fourth-order valence-electron chi connectivity index (χ4n) is 2.97. The van der Waals surface area contributed by atoms with Crippen molar-refractivity contribution >= 4 is 27.5 Å². The van der Waals surface area contributed by atoms with E-state index in [-0.39, 0.29) is 5.91 Å². The minimum absolute atomic E-state index is 0.296. The number of hydrogen-bond donors (Lipinski definition) is 0. The maximum atomic E-state index is 12.7. The number of aromatic nitrogens is 1. The van der Waals surface area contributed by atoms with Gasteiger partial charge in [-0.1, -0.05) is 23.5 Å². The third-order valence-electron chi connectivity index (χ3n) is 4.37. The van der Waals surface area contributed by atoms with Gasteiger partial charge in [0, 0.05) is 12.1 Å². The van der Waals surface area contributed by atoms with E-state index in [1.54, 1.807) is 43.8 Å². The van der Waals surface area contributed by atoms with E-state index in [4.69, 9.17) is 9.47 Å². The Morgan fingerprint density at radius 3 is 2.42 bits per heavy atom. The highest BCUT2D eigenvalue weighted by Gasteiger charge is 2.13. The summed E-state index contributed by atoms with van der Waals surface area (Å²) in [5, 5.41) is 0. The number of nitrogens with zero attached hydrogens (tertiary/aromatic N) is 2. The molecule has 1 heterocycles. The standard InChI is InChI=1S/C20H22N2O3S/c1-6-22-17-12(2)7-8-13(3)18(17)26-20(22)21-19(23)14-9-10-15(24-4)16(11-14)25-5/h7-11H,6H2,1-5H3. The van der Waals surface area contributed by atoms with E-state index in [1.165, 1.54) is 15.8 Å². The first kappa shape index (κ1) is 18.2. The van der Waals surface area contributed by atoms with Gasteiger partial charge < -0.3 is 14.0 Å². The third kappa shape index (κ3) is 3.12. The van der Waals surface area contributed by atoms with Gasteiger partial charge >= 0.3 is 0 Å². The molecule has 0 fully saturated rings. The monoisotopic (exact) mass is 370 g/mol. The van der Waals surface area contributed by atoms with Crippen LogP contribution in [0.2, 0.25) is 0 Å². The Balaban J connectivity index is 2.14. The summed E-state index contributed by atoms with van der Waals surface area (Å²) < 4.78 is 13.8. The van der Waals surface area contributed by atoms with Crippen molar-refractivity contribution in [2.24, 2.45) is 4.99 Å². The summed E-state index contributed by atoms with van der Waals surface area (Å²) in [5.41, 5.74) is 3.99. The summed E-state index contributed by atoms with van der Waals surface area (Å²) >= 11 is 1.55. The summed E-state index contributed by atoms with van der Waals surface area (Å²) in [6.07, 6.45) is 0. The molecule has 136 valence electrons. The van der Waals surface area contributed by atoms with Crippen LogP contribution in [0.4, 0.5) is 0 Å². The molecule has 0 spiro atoms. The Morgan fingerprint density at radius 1 is 1.08 bits per heavy atom. The van der Waals surface area contributed by atoms with Crippen LogP contribution in [0.15, 0.2) is 35.3 Å². The smallest absolute Gasteiger partial charge is 0.279 e. The molecule has 0 unspecified atom stereocenters. The average Bonchev–Trinajstić information content (AvgIpc) is 3.03. The van der Waals surface area contributed by atoms with Gasteiger partial charge in [0.2, 0.25) is 0 Å². The van der Waals surface area contributed by atoms with Crippen LogP contribution in [0, 0.1) is 13.8 Å². The number of fused-ring (bicyclic) bond motifs is 1. The second kappa shape index (κ2) is 7.33. The maximum absolute atomic E-state index is 12.7. The number of benzene rings is 2. The number of carbonyl (C=O) groups is 1. The SMILES string of the molecule is CCn1c(=NC(=O)c2ccc(OC)c(OC)c2)sc2c(C)ccc(C)c21. The quantitative estimate of drug-likeness (QED) is 0.695. The number of amides is 1. The molecule has 0 bridgehead atoms. The molecule has 3 rings (SSSR count). The summed E-state index contributed by atoms with van der Waals surface area (Å²) in [7, 11) is 3.11. The highest BCUT2D eigenvalue weighted by Crippen LogP contribution is 2.28. The lowest BCUT2D eigenvalue weighted by atomic mass is 10.1. The van der Waals surface area contributed by atoms with Crippen molar-refractivity contribution in [3.8, 4) is 11.5 Å². The molecule has 0 N–H and O–H groups in total. The molecule has 0 aliphatic carbocycles. The predicted octanol–water partition coefficient (Wildman–Crippen LogP) is 4.10. The lowest BCUT2D eigenvalue weighted by Gasteiger charge is -2.07. The number of ether oxygens (including phenoxy) is 2. The van der Waals surface area contributed by atoms with Crippen molar-refractivity contribution < 1.29 is 14.3 Å². The summed E-state index contributed by atoms with van der Waals surface area (Å²) in [6.45, 7) is 6.98. The van der Waals surface area contributed by atoms with Crippen molar-refractivity contribution in [3.05, 3.63) is 51.8 Å². The van der Waals surface area contributed by atoms with Crippen LogP contribution in [0.1, 0.15) is 28.4 Å². The third-order valence-corrected chi connectivity index (χ3v) is 5.58. The van der Waals surface area contributed by atoms with Gasteiger partial charge in [-0.05, 0) is 50.1 Å². The highest BCUT2D eigenvalue weighted by atomic mass is 32.1. The zero-order chi connectivity index (χ0) is 18.8. The molecule has 3 aromatic rings. The molecule has 1 amide bonds. The van der Waals surface area contributed by atoms with E-state index in [0.29, 0.717) is 21.9 Å². The first-order valence-electron chi connectivity index (χ1n) is 8.40. The fraction of sp³-hybridized carbons (Fsp3) is 0.300. The molecule has 0 saturated heterocycles. The Labute approximate surface area is 156 Å². The fourth-order valence-corrected chi connectivity index (χ4v) is 4.21. The van der Waals surface area contributed by atoms with Crippen LogP contribution >= 0.6 is 11.3 Å². The van der Waals surface area contributed by atoms with E-state index < -0.39 is 0 Å². The van der Waals surface area contributed by atoms with Gasteiger partial charge in [-0.3, -0.25) is 4.79 Å². The average molecular weight is 370 g/mol. The van der Waals surface area contributed by atoms with Crippen molar-refractivity contribution in [3.63, 3.8) is 0 Å². The zero-order valence-corrected chi connectivity index (χ0v) is 16.4. The van der Waals surface area contributed by atoms with Crippen LogP contribution in [-0.4, -0.2) is 24.7 Å². The van der Waals surface area contributed by atoms with E-state index in [2.05, 4.69) is 42.5 Å². The second-order valence-corrected chi connectivity index (χ2v) is 6.97. The van der Waals surface area contributed by atoms with E-state index in [9.17, 15) is 4.79 Å². The van der Waals surface area contributed by atoms with Crippen LogP contribution in [0.25, 0.3) is 10.2 Å². The molecule has 1 aromatic heterocycles. The molecule has 0 aliphatic rings. The van der Waals surface area contributed by atoms with Crippen LogP contribution < -0.4 is 14.3 Å². The normalized spacial score (nSPS) is 11.8. The zero-order valence-electron chi connectivity index (χ0n) is 15.6. The number of aryl methyl sites for hydroxylation is 3. The van der Waals surface area contributed by atoms with E-state index >= 15 is 0 Å². The lowest BCUT2D eigenvalue weighted by Crippen LogP contribution is -2.16. The molecule has 26 heavy (non-hydrogen) atoms. The molecule has 0 saturated carbocycles. The number of thiazole rings is 1. The van der Waals surface area contributed by atoms with Gasteiger partial charge in [-0.25, -0.2) is 0 Å². The van der Waals surface area contributed by atoms with Crippen molar-refractivity contribution in [1.82, 2.24) is 4.57 Å². The van der Waals surface area contributed by atoms with Gasteiger partial charge in [0.05, 0.1) is 24.4 Å². The molecular weight excluding hydrogens is 348 g/mol. The first-order chi connectivity index (χ1) is 12.5. The number of hydrogen-bond acceptors (Lipinski definition) is 4. The van der Waals surface area contributed by atoms with Crippen LogP contribution in [0.3, 0.4) is 0 Å². The molecule has 5 nitrogen and oxygen atoms in total. The van der Waals surface area contributed by atoms with Gasteiger partial charge in [0.15, 0.2) is 16.3 Å². The van der Waals surface area contributed by atoms with Gasteiger partial charge in [0.25, 0.3) is 5.91 Å². The molecule has 2 aromatic carbocycles. The van der Waals surface area contributed by atoms with Gasteiger partial charge in [-0.15, -0.1) is 0 Å². The maximum Gasteiger partial charge on any atom is 0.279 e. The van der Waals surface area contributed by atoms with E-state index in [1.807, 2.05) is 0 Å². The van der Waals surface area contributed by atoms with Gasteiger partial charge in [0.1, 0.15) is 0 Å². The minimum atomic E-state index is -0.296. The Bertz CT molecular complexity index is 1050. The molecule has 6 heteroatoms. The van der Waals surface area contributed by atoms with Gasteiger partial charge in [-0.2, -0.15) is 4.99 Å². The largest absolute Gasteiger partial charge is 0.493 e. The Hall–Kier alpha value is -2.60. The summed E-state index contributed by atoms with van der Waals surface area (Å²) in [6, 6.07) is 9.29. The van der Waals surface area contributed by atoms with Crippen molar-refractivity contribution in [1.29, 1.82) is 0 Å². The number of carbonyl (C=O) groups excluding carboxylic acids is 1. The molecule has 0 aliphatic heterocycles. The van der Waals surface area contributed by atoms with Crippen LogP contribution in [-0.2, 0) is 6.54 Å². The lowest BCUT2D eigenvalue weighted by molar-refractivity contribution is 0.0997. The molecular formula is C20H22N2O3S. The minimum Gasteiger partial charge on any atom is -0.493 e. The predicted molar refractivity (Wildman–Crippen MR) is 104 cm³/mol. The summed E-state index contributed by atoms with van der Waals surface area (Å²) in [4.78, 5) is 17.8. The van der Waals surface area contributed by atoms with Crippen molar-refractivity contribution in [2.75, 3.05) is 14.2 Å². The molecule has 0 radical (unpaired) electrons. The number of rotatable bonds is 4. The van der Waals surface area contributed by atoms with E-state index in [0.717, 1.165) is 12.1 Å². The molecule has 0 atom stereocenters. The highest BCUT2D eigenvalue weighted by molar-refractivity contribution is 7.16. The second-order valence-electron chi connectivity index (χ2n) is 5.99.